The number of rotatable bonds is 4. The molecule has 2 N–H and O–H groups in total. The van der Waals surface area contributed by atoms with Crippen LogP contribution in [0.3, 0.4) is 0 Å². The van der Waals surface area contributed by atoms with Gasteiger partial charge in [-0.2, -0.15) is 5.10 Å². The molecule has 86 valence electrons. The van der Waals surface area contributed by atoms with Gasteiger partial charge in [0.2, 0.25) is 5.91 Å². The van der Waals surface area contributed by atoms with Crippen molar-refractivity contribution in [1.29, 1.82) is 0 Å². The summed E-state index contributed by atoms with van der Waals surface area (Å²) in [6.45, 7) is -0.0146. The molecule has 2 rings (SSSR count). The van der Waals surface area contributed by atoms with Crippen molar-refractivity contribution in [3.05, 3.63) is 22.6 Å². The van der Waals surface area contributed by atoms with Crippen molar-refractivity contribution >= 4 is 11.6 Å². The van der Waals surface area contributed by atoms with Gasteiger partial charge in [0.1, 0.15) is 6.54 Å². The fourth-order valence-corrected chi connectivity index (χ4v) is 1.33. The van der Waals surface area contributed by atoms with Gasteiger partial charge >= 0.3 is 0 Å². The Morgan fingerprint density at radius 2 is 2.38 bits per heavy atom. The molecule has 16 heavy (non-hydrogen) atoms. The standard InChI is InChI=1S/C10H14N4O2/c1-11-8-4-10(16)14(12-5-8)6-9(15)13-7-2-3-7/h4-5,7,11H,2-3,6H2,1H3,(H,13,15). The summed E-state index contributed by atoms with van der Waals surface area (Å²) in [5, 5.41) is 9.52. The Hall–Kier alpha value is -1.85. The van der Waals surface area contributed by atoms with Gasteiger partial charge in [0.05, 0.1) is 11.9 Å². The zero-order chi connectivity index (χ0) is 11.5. The van der Waals surface area contributed by atoms with Crippen molar-refractivity contribution in [2.75, 3.05) is 12.4 Å². The molecule has 1 saturated carbocycles. The van der Waals surface area contributed by atoms with E-state index < -0.39 is 0 Å². The molecule has 0 bridgehead atoms. The van der Waals surface area contributed by atoms with Gasteiger partial charge < -0.3 is 10.6 Å². The van der Waals surface area contributed by atoms with Crippen molar-refractivity contribution in [3.8, 4) is 0 Å². The van der Waals surface area contributed by atoms with Crippen LogP contribution in [-0.4, -0.2) is 28.8 Å². The van der Waals surface area contributed by atoms with Gasteiger partial charge in [0.15, 0.2) is 0 Å². The molecule has 0 unspecified atom stereocenters. The average Bonchev–Trinajstić information content (AvgIpc) is 3.05. The molecule has 0 aliphatic heterocycles. The molecule has 0 atom stereocenters. The van der Waals surface area contributed by atoms with E-state index in [9.17, 15) is 9.59 Å². The minimum atomic E-state index is -0.280. The maximum absolute atomic E-state index is 11.5. The molecule has 0 radical (unpaired) electrons. The normalized spacial score (nSPS) is 14.6. The molecule has 1 aliphatic carbocycles. The third kappa shape index (κ3) is 2.59. The minimum absolute atomic E-state index is 0.0146. The van der Waals surface area contributed by atoms with Gasteiger partial charge in [-0.1, -0.05) is 0 Å². The number of nitrogens with one attached hydrogen (secondary N) is 2. The molecule has 6 nitrogen and oxygen atoms in total. The Kier molecular flexibility index (Phi) is 2.89. The van der Waals surface area contributed by atoms with Gasteiger partial charge in [-0.25, -0.2) is 4.68 Å². The zero-order valence-electron chi connectivity index (χ0n) is 9.06. The van der Waals surface area contributed by atoms with Gasteiger partial charge in [-0.15, -0.1) is 0 Å². The summed E-state index contributed by atoms with van der Waals surface area (Å²) in [5.41, 5.74) is 0.363. The van der Waals surface area contributed by atoms with E-state index in [0.29, 0.717) is 11.7 Å². The molecule has 6 heteroatoms. The molecule has 0 spiro atoms. The van der Waals surface area contributed by atoms with E-state index in [1.54, 1.807) is 7.05 Å². The second-order valence-electron chi connectivity index (χ2n) is 3.83. The second-order valence-corrected chi connectivity index (χ2v) is 3.83. The summed E-state index contributed by atoms with van der Waals surface area (Å²) in [6, 6.07) is 1.72. The Morgan fingerprint density at radius 1 is 1.62 bits per heavy atom. The van der Waals surface area contributed by atoms with Crippen molar-refractivity contribution in [1.82, 2.24) is 15.1 Å². The summed E-state index contributed by atoms with van der Waals surface area (Å²) >= 11 is 0. The van der Waals surface area contributed by atoms with Crippen molar-refractivity contribution in [2.24, 2.45) is 0 Å². The van der Waals surface area contributed by atoms with E-state index in [-0.39, 0.29) is 18.0 Å². The predicted octanol–water partition coefficient (Wildman–Crippen LogP) is -0.436. The SMILES string of the molecule is CNc1cnn(CC(=O)NC2CC2)c(=O)c1. The lowest BCUT2D eigenvalue weighted by Gasteiger charge is -2.06. The van der Waals surface area contributed by atoms with Crippen LogP contribution in [0.2, 0.25) is 0 Å². The molecule has 1 aromatic rings. The molecule has 0 saturated heterocycles. The molecular formula is C10H14N4O2. The van der Waals surface area contributed by atoms with Crippen molar-refractivity contribution in [3.63, 3.8) is 0 Å². The Morgan fingerprint density at radius 3 is 2.94 bits per heavy atom. The lowest BCUT2D eigenvalue weighted by molar-refractivity contribution is -0.122. The molecule has 1 aromatic heterocycles. The van der Waals surface area contributed by atoms with E-state index >= 15 is 0 Å². The minimum Gasteiger partial charge on any atom is -0.387 e. The highest BCUT2D eigenvalue weighted by Crippen LogP contribution is 2.18. The zero-order valence-corrected chi connectivity index (χ0v) is 9.06. The number of nitrogens with zero attached hydrogens (tertiary/aromatic N) is 2. The van der Waals surface area contributed by atoms with Crippen LogP contribution in [-0.2, 0) is 11.3 Å². The number of anilines is 1. The van der Waals surface area contributed by atoms with Crippen LogP contribution in [0.5, 0.6) is 0 Å². The van der Waals surface area contributed by atoms with Gasteiger partial charge in [0, 0.05) is 19.2 Å². The number of hydrogen-bond donors (Lipinski definition) is 2. The first-order valence-electron chi connectivity index (χ1n) is 5.23. The summed E-state index contributed by atoms with van der Waals surface area (Å²) in [4.78, 5) is 23.0. The molecule has 1 aliphatic rings. The molecule has 1 amide bonds. The number of amides is 1. The summed E-state index contributed by atoms with van der Waals surface area (Å²) in [6.07, 6.45) is 3.59. The highest BCUT2D eigenvalue weighted by molar-refractivity contribution is 5.76. The highest BCUT2D eigenvalue weighted by atomic mass is 16.2. The fourth-order valence-electron chi connectivity index (χ4n) is 1.33. The summed E-state index contributed by atoms with van der Waals surface area (Å²) < 4.78 is 1.15. The number of hydrogen-bond acceptors (Lipinski definition) is 4. The summed E-state index contributed by atoms with van der Waals surface area (Å²) in [7, 11) is 1.71. The molecular weight excluding hydrogens is 208 g/mol. The highest BCUT2D eigenvalue weighted by Gasteiger charge is 2.23. The van der Waals surface area contributed by atoms with Crippen LogP contribution < -0.4 is 16.2 Å². The lowest BCUT2D eigenvalue weighted by Crippen LogP contribution is -2.34. The van der Waals surface area contributed by atoms with E-state index in [4.69, 9.17) is 0 Å². The topological polar surface area (TPSA) is 76.0 Å². The van der Waals surface area contributed by atoms with Crippen LogP contribution in [0.1, 0.15) is 12.8 Å². The van der Waals surface area contributed by atoms with Crippen LogP contribution in [0.15, 0.2) is 17.1 Å². The first-order valence-corrected chi connectivity index (χ1v) is 5.23. The Labute approximate surface area is 92.7 Å². The third-order valence-electron chi connectivity index (χ3n) is 2.39. The van der Waals surface area contributed by atoms with Gasteiger partial charge in [0.25, 0.3) is 5.56 Å². The first kappa shape index (κ1) is 10.7. The van der Waals surface area contributed by atoms with E-state index in [1.807, 2.05) is 0 Å². The number of aromatic nitrogens is 2. The third-order valence-corrected chi connectivity index (χ3v) is 2.39. The number of carbonyl (C=O) groups excluding carboxylic acids is 1. The molecule has 1 heterocycles. The summed E-state index contributed by atoms with van der Waals surface area (Å²) in [5.74, 6) is -0.158. The first-order chi connectivity index (χ1) is 7.69. The fraction of sp³-hybridized carbons (Fsp3) is 0.500. The largest absolute Gasteiger partial charge is 0.387 e. The molecule has 0 aromatic carbocycles. The quantitative estimate of drug-likeness (QED) is 0.724. The monoisotopic (exact) mass is 222 g/mol. The Balaban J connectivity index is 2.02. The van der Waals surface area contributed by atoms with Gasteiger partial charge in [-0.05, 0) is 12.8 Å². The smallest absolute Gasteiger partial charge is 0.269 e. The molecule has 1 fully saturated rings. The maximum atomic E-state index is 11.5. The van der Waals surface area contributed by atoms with E-state index in [2.05, 4.69) is 15.7 Å². The van der Waals surface area contributed by atoms with Crippen LogP contribution in [0.25, 0.3) is 0 Å². The lowest BCUT2D eigenvalue weighted by atomic mass is 10.4. The average molecular weight is 222 g/mol. The Bertz CT molecular complexity index is 450. The van der Waals surface area contributed by atoms with Crippen molar-refractivity contribution < 1.29 is 4.79 Å². The van der Waals surface area contributed by atoms with Crippen molar-refractivity contribution in [2.45, 2.75) is 25.4 Å². The van der Waals surface area contributed by atoms with Crippen LogP contribution in [0.4, 0.5) is 5.69 Å². The van der Waals surface area contributed by atoms with E-state index in [1.165, 1.54) is 12.3 Å². The van der Waals surface area contributed by atoms with Gasteiger partial charge in [-0.3, -0.25) is 9.59 Å². The number of carbonyl (C=O) groups is 1. The maximum Gasteiger partial charge on any atom is 0.269 e. The van der Waals surface area contributed by atoms with Crippen LogP contribution >= 0.6 is 0 Å². The second kappa shape index (κ2) is 4.34. The van der Waals surface area contributed by atoms with E-state index in [0.717, 1.165) is 17.5 Å². The van der Waals surface area contributed by atoms with Crippen LogP contribution in [0, 0.1) is 0 Å². The predicted molar refractivity (Wildman–Crippen MR) is 59.2 cm³/mol.